The van der Waals surface area contributed by atoms with Gasteiger partial charge in [0.1, 0.15) is 12.2 Å². The molecule has 0 N–H and O–H groups in total. The van der Waals surface area contributed by atoms with E-state index in [4.69, 9.17) is 14.0 Å². The summed E-state index contributed by atoms with van der Waals surface area (Å²) in [5, 5.41) is 2.45. The lowest BCUT2D eigenvalue weighted by atomic mass is 10.0. The van der Waals surface area contributed by atoms with Gasteiger partial charge in [-0.25, -0.2) is 18.0 Å². The first-order valence-electron chi connectivity index (χ1n) is 9.66. The Kier molecular flexibility index (Phi) is 6.35. The molecule has 0 aliphatic heterocycles. The lowest BCUT2D eigenvalue weighted by Crippen LogP contribution is -2.26. The lowest BCUT2D eigenvalue weighted by molar-refractivity contribution is -0.0258. The monoisotopic (exact) mass is 531 g/mol. The van der Waals surface area contributed by atoms with Crippen molar-refractivity contribution in [2.45, 2.75) is 11.5 Å². The van der Waals surface area contributed by atoms with Crippen LogP contribution >= 0.6 is 15.9 Å². The van der Waals surface area contributed by atoms with Gasteiger partial charge in [-0.05, 0) is 51.0 Å². The van der Waals surface area contributed by atoms with Crippen LogP contribution in [0.4, 0.5) is 0 Å². The van der Waals surface area contributed by atoms with Crippen molar-refractivity contribution in [2.75, 3.05) is 14.2 Å². The molecule has 0 aliphatic rings. The fourth-order valence-corrected chi connectivity index (χ4v) is 4.83. The molecule has 0 aliphatic carbocycles. The van der Waals surface area contributed by atoms with Gasteiger partial charge in [-0.1, -0.05) is 34.8 Å². The molecule has 0 spiro atoms. The van der Waals surface area contributed by atoms with Crippen LogP contribution in [0.3, 0.4) is 0 Å². The minimum atomic E-state index is -3.96. The van der Waals surface area contributed by atoms with Crippen LogP contribution in [-0.2, 0) is 26.2 Å². The smallest absolute Gasteiger partial charge is 0.339 e. The highest BCUT2D eigenvalue weighted by Gasteiger charge is 2.24. The van der Waals surface area contributed by atoms with Crippen molar-refractivity contribution in [2.24, 2.45) is 0 Å². The van der Waals surface area contributed by atoms with Gasteiger partial charge in [0.15, 0.2) is 0 Å². The van der Waals surface area contributed by atoms with Crippen LogP contribution in [0.5, 0.6) is 0 Å². The minimum absolute atomic E-state index is 0.0118. The first-order valence-corrected chi connectivity index (χ1v) is 11.9. The molecule has 3 aromatic carbocycles. The van der Waals surface area contributed by atoms with Crippen molar-refractivity contribution in [1.82, 2.24) is 4.47 Å². The Morgan fingerprint density at radius 2 is 1.85 bits per heavy atom. The van der Waals surface area contributed by atoms with E-state index in [1.807, 2.05) is 30.3 Å². The first kappa shape index (κ1) is 23.1. The zero-order valence-electron chi connectivity index (χ0n) is 17.6. The molecule has 10 heteroatoms. The van der Waals surface area contributed by atoms with E-state index in [0.29, 0.717) is 25.5 Å². The Morgan fingerprint density at radius 1 is 1.09 bits per heavy atom. The summed E-state index contributed by atoms with van der Waals surface area (Å²) in [6.07, 6.45) is 0. The molecule has 0 fully saturated rings. The third-order valence-electron chi connectivity index (χ3n) is 5.12. The molecule has 8 nitrogen and oxygen atoms in total. The maximum atomic E-state index is 12.8. The van der Waals surface area contributed by atoms with Gasteiger partial charge >= 0.3 is 11.6 Å². The maximum Gasteiger partial charge on any atom is 0.339 e. The summed E-state index contributed by atoms with van der Waals surface area (Å²) in [4.78, 5) is 29.5. The zero-order valence-corrected chi connectivity index (χ0v) is 20.0. The van der Waals surface area contributed by atoms with E-state index in [2.05, 4.69) is 15.9 Å². The van der Waals surface area contributed by atoms with Crippen molar-refractivity contribution in [1.29, 1.82) is 0 Å². The van der Waals surface area contributed by atoms with E-state index in [9.17, 15) is 18.0 Å². The van der Waals surface area contributed by atoms with Crippen molar-refractivity contribution in [3.8, 4) is 0 Å². The molecule has 4 rings (SSSR count). The largest absolute Gasteiger partial charge is 0.457 e. The molecule has 1 aromatic heterocycles. The van der Waals surface area contributed by atoms with Crippen LogP contribution in [0.1, 0.15) is 15.9 Å². The molecule has 0 unspecified atom stereocenters. The van der Waals surface area contributed by atoms with Crippen LogP contribution in [0.2, 0.25) is 0 Å². The predicted molar refractivity (Wildman–Crippen MR) is 125 cm³/mol. The normalized spacial score (nSPS) is 11.9. The van der Waals surface area contributed by atoms with Gasteiger partial charge in [-0.15, -0.1) is 0 Å². The highest BCUT2D eigenvalue weighted by atomic mass is 79.9. The number of carbonyl (C=O) groups is 1. The number of carbonyl (C=O) groups excluding carboxylic acids is 1. The second-order valence-corrected chi connectivity index (χ2v) is 9.86. The Labute approximate surface area is 197 Å². The molecule has 0 atom stereocenters. The number of esters is 1. The summed E-state index contributed by atoms with van der Waals surface area (Å²) < 4.78 is 36.9. The number of rotatable bonds is 6. The SMILES string of the molecule is CON(C)S(=O)(=O)c1ccc(Br)c(C(=O)OCc2cc(=O)oc3ccc4ccccc4c23)c1. The third-order valence-corrected chi connectivity index (χ3v) is 7.49. The second-order valence-electron chi connectivity index (χ2n) is 7.07. The topological polar surface area (TPSA) is 103 Å². The van der Waals surface area contributed by atoms with E-state index in [1.54, 1.807) is 6.07 Å². The molecule has 1 heterocycles. The summed E-state index contributed by atoms with van der Waals surface area (Å²) in [5.41, 5.74) is 0.299. The summed E-state index contributed by atoms with van der Waals surface area (Å²) in [6.45, 7) is -0.212. The van der Waals surface area contributed by atoms with Gasteiger partial charge in [0.25, 0.3) is 10.0 Å². The van der Waals surface area contributed by atoms with Gasteiger partial charge in [0.2, 0.25) is 0 Å². The quantitative estimate of drug-likeness (QED) is 0.158. The Morgan fingerprint density at radius 3 is 2.61 bits per heavy atom. The molecule has 33 heavy (non-hydrogen) atoms. The minimum Gasteiger partial charge on any atom is -0.457 e. The number of sulfonamides is 1. The van der Waals surface area contributed by atoms with Crippen molar-refractivity contribution in [3.05, 3.63) is 86.7 Å². The van der Waals surface area contributed by atoms with Crippen LogP contribution < -0.4 is 5.63 Å². The molecule has 0 radical (unpaired) electrons. The fraction of sp³-hybridized carbons (Fsp3) is 0.130. The van der Waals surface area contributed by atoms with Crippen molar-refractivity contribution in [3.63, 3.8) is 0 Å². The number of nitrogens with zero attached hydrogens (tertiary/aromatic N) is 1. The summed E-state index contributed by atoms with van der Waals surface area (Å²) in [6, 6.07) is 16.4. The molecule has 4 aromatic rings. The van der Waals surface area contributed by atoms with Gasteiger partial charge in [0, 0.05) is 28.5 Å². The van der Waals surface area contributed by atoms with E-state index < -0.39 is 21.6 Å². The van der Waals surface area contributed by atoms with Crippen molar-refractivity contribution >= 4 is 53.7 Å². The van der Waals surface area contributed by atoms with Gasteiger partial charge in [0.05, 0.1) is 17.6 Å². The van der Waals surface area contributed by atoms with Crippen LogP contribution in [-0.4, -0.2) is 33.0 Å². The average Bonchev–Trinajstić information content (AvgIpc) is 2.81. The Balaban J connectivity index is 1.70. The number of hydrogen-bond donors (Lipinski definition) is 0. The highest BCUT2D eigenvalue weighted by Crippen LogP contribution is 2.29. The van der Waals surface area contributed by atoms with E-state index in [1.165, 1.54) is 38.4 Å². The van der Waals surface area contributed by atoms with Crippen LogP contribution in [0.25, 0.3) is 21.7 Å². The van der Waals surface area contributed by atoms with Gasteiger partial charge in [-0.3, -0.25) is 4.84 Å². The number of hydroxylamine groups is 1. The first-order chi connectivity index (χ1) is 15.7. The predicted octanol–water partition coefficient (Wildman–Crippen LogP) is 4.25. The molecular formula is C23H18BrNO7S. The molecule has 170 valence electrons. The molecule has 0 bridgehead atoms. The second kappa shape index (κ2) is 9.06. The maximum absolute atomic E-state index is 12.8. The van der Waals surface area contributed by atoms with E-state index in [0.717, 1.165) is 10.8 Å². The lowest BCUT2D eigenvalue weighted by Gasteiger charge is -2.15. The van der Waals surface area contributed by atoms with Crippen LogP contribution in [0, 0.1) is 0 Å². The third kappa shape index (κ3) is 4.42. The molecule has 0 amide bonds. The summed E-state index contributed by atoms with van der Waals surface area (Å²) >= 11 is 3.26. The zero-order chi connectivity index (χ0) is 23.8. The molecular weight excluding hydrogens is 514 g/mol. The number of ether oxygens (including phenoxy) is 1. The van der Waals surface area contributed by atoms with E-state index in [-0.39, 0.29) is 17.1 Å². The average molecular weight is 532 g/mol. The fourth-order valence-electron chi connectivity index (χ4n) is 3.42. The number of fused-ring (bicyclic) bond motifs is 3. The van der Waals surface area contributed by atoms with E-state index >= 15 is 0 Å². The van der Waals surface area contributed by atoms with Crippen LogP contribution in [0.15, 0.2) is 79.2 Å². The summed E-state index contributed by atoms with van der Waals surface area (Å²) in [7, 11) is -1.50. The van der Waals surface area contributed by atoms with Crippen molar-refractivity contribution < 1.29 is 27.2 Å². The standard InChI is InChI=1S/C23H18BrNO7S/c1-25(30-2)33(28,29)16-8-9-19(24)18(12-16)23(27)31-13-15-11-21(26)32-20-10-7-14-5-3-4-6-17(14)22(15)20/h3-12H,13H2,1-2H3. The number of halogens is 1. The Bertz CT molecular complexity index is 1550. The highest BCUT2D eigenvalue weighted by molar-refractivity contribution is 9.10. The van der Waals surface area contributed by atoms with Gasteiger partial charge in [-0.2, -0.15) is 0 Å². The molecule has 0 saturated heterocycles. The number of benzene rings is 3. The number of hydrogen-bond acceptors (Lipinski definition) is 7. The summed E-state index contributed by atoms with van der Waals surface area (Å²) in [5.74, 6) is -0.763. The molecule has 0 saturated carbocycles. The van der Waals surface area contributed by atoms with Gasteiger partial charge < -0.3 is 9.15 Å². The Hall–Kier alpha value is -3.05.